The monoisotopic (exact) mass is 236 g/mol. The first-order chi connectivity index (χ1) is 8.10. The van der Waals surface area contributed by atoms with Crippen LogP contribution in [-0.4, -0.2) is 27.0 Å². The highest BCUT2D eigenvalue weighted by atomic mass is 16.2. The number of hydrogen-bond acceptors (Lipinski definition) is 3. The summed E-state index contributed by atoms with van der Waals surface area (Å²) in [6.07, 6.45) is 9.08. The number of nitrogens with two attached hydrogens (primary N) is 1. The molecule has 0 bridgehead atoms. The van der Waals surface area contributed by atoms with Crippen LogP contribution in [-0.2, 0) is 11.3 Å². The molecule has 1 aliphatic carbocycles. The molecule has 5 heteroatoms. The van der Waals surface area contributed by atoms with Gasteiger partial charge in [0.2, 0.25) is 5.91 Å². The van der Waals surface area contributed by atoms with Crippen LogP contribution in [0.3, 0.4) is 0 Å². The smallest absolute Gasteiger partial charge is 0.240 e. The standard InChI is InChI=1S/C12H20N4O/c1-10(8-16-7-6-14-9-16)15-11(17)12(13)4-2-3-5-12/h6-7,9-10H,2-5,8,13H2,1H3,(H,15,17)/t10-/m0/s1. The van der Waals surface area contributed by atoms with Crippen LogP contribution >= 0.6 is 0 Å². The highest BCUT2D eigenvalue weighted by molar-refractivity contribution is 5.86. The highest BCUT2D eigenvalue weighted by Crippen LogP contribution is 2.27. The van der Waals surface area contributed by atoms with Gasteiger partial charge in [0.05, 0.1) is 11.9 Å². The second-order valence-corrected chi connectivity index (χ2v) is 5.00. The van der Waals surface area contributed by atoms with E-state index in [1.54, 1.807) is 12.5 Å². The van der Waals surface area contributed by atoms with Crippen molar-refractivity contribution in [2.45, 2.75) is 50.7 Å². The van der Waals surface area contributed by atoms with Gasteiger partial charge in [-0.3, -0.25) is 4.79 Å². The normalized spacial score (nSPS) is 20.1. The van der Waals surface area contributed by atoms with E-state index in [1.807, 2.05) is 17.7 Å². The summed E-state index contributed by atoms with van der Waals surface area (Å²) in [6.45, 7) is 2.71. The molecule has 0 unspecified atom stereocenters. The van der Waals surface area contributed by atoms with E-state index in [2.05, 4.69) is 10.3 Å². The predicted octanol–water partition coefficient (Wildman–Crippen LogP) is 0.659. The Hall–Kier alpha value is -1.36. The van der Waals surface area contributed by atoms with Crippen molar-refractivity contribution < 1.29 is 4.79 Å². The molecule has 1 atom stereocenters. The Morgan fingerprint density at radius 3 is 2.88 bits per heavy atom. The topological polar surface area (TPSA) is 72.9 Å². The lowest BCUT2D eigenvalue weighted by Gasteiger charge is -2.25. The first-order valence-corrected chi connectivity index (χ1v) is 6.16. The second kappa shape index (κ2) is 4.87. The fourth-order valence-electron chi connectivity index (χ4n) is 2.36. The van der Waals surface area contributed by atoms with Crippen molar-refractivity contribution in [3.8, 4) is 0 Å². The van der Waals surface area contributed by atoms with E-state index < -0.39 is 5.54 Å². The maximum absolute atomic E-state index is 12.0. The Bertz CT molecular complexity index is 368. The van der Waals surface area contributed by atoms with Crippen molar-refractivity contribution in [1.29, 1.82) is 0 Å². The van der Waals surface area contributed by atoms with E-state index in [1.165, 1.54) is 0 Å². The number of aromatic nitrogens is 2. The molecule has 3 N–H and O–H groups in total. The predicted molar refractivity (Wildman–Crippen MR) is 65.2 cm³/mol. The largest absolute Gasteiger partial charge is 0.350 e. The lowest BCUT2D eigenvalue weighted by Crippen LogP contribution is -2.54. The molecule has 1 amide bonds. The van der Waals surface area contributed by atoms with Gasteiger partial charge in [-0.15, -0.1) is 0 Å². The van der Waals surface area contributed by atoms with E-state index in [0.717, 1.165) is 32.2 Å². The van der Waals surface area contributed by atoms with Gasteiger partial charge in [0.25, 0.3) is 0 Å². The molecule has 94 valence electrons. The summed E-state index contributed by atoms with van der Waals surface area (Å²) in [5.41, 5.74) is 5.46. The third-order valence-corrected chi connectivity index (χ3v) is 3.37. The number of carbonyl (C=O) groups excluding carboxylic acids is 1. The van der Waals surface area contributed by atoms with Crippen LogP contribution in [0, 0.1) is 0 Å². The van der Waals surface area contributed by atoms with Crippen LogP contribution in [0.2, 0.25) is 0 Å². The molecule has 1 heterocycles. The fourth-order valence-corrected chi connectivity index (χ4v) is 2.36. The maximum Gasteiger partial charge on any atom is 0.240 e. The van der Waals surface area contributed by atoms with Crippen LogP contribution in [0.25, 0.3) is 0 Å². The summed E-state index contributed by atoms with van der Waals surface area (Å²) < 4.78 is 1.95. The van der Waals surface area contributed by atoms with Crippen LogP contribution in [0.1, 0.15) is 32.6 Å². The van der Waals surface area contributed by atoms with Gasteiger partial charge in [-0.25, -0.2) is 4.98 Å². The minimum Gasteiger partial charge on any atom is -0.350 e. The number of nitrogens with zero attached hydrogens (tertiary/aromatic N) is 2. The Balaban J connectivity index is 1.86. The number of rotatable bonds is 4. The van der Waals surface area contributed by atoms with E-state index in [9.17, 15) is 4.79 Å². The number of nitrogens with one attached hydrogen (secondary N) is 1. The molecule has 1 aromatic heterocycles. The average molecular weight is 236 g/mol. The maximum atomic E-state index is 12.0. The van der Waals surface area contributed by atoms with Crippen LogP contribution in [0.5, 0.6) is 0 Å². The molecule has 2 rings (SSSR count). The van der Waals surface area contributed by atoms with Gasteiger partial charge in [-0.1, -0.05) is 12.8 Å². The Morgan fingerprint density at radius 2 is 2.29 bits per heavy atom. The third kappa shape index (κ3) is 2.85. The van der Waals surface area contributed by atoms with Crippen LogP contribution < -0.4 is 11.1 Å². The van der Waals surface area contributed by atoms with E-state index in [4.69, 9.17) is 5.73 Å². The minimum atomic E-state index is -0.636. The molecule has 1 aliphatic rings. The molecule has 0 aromatic carbocycles. The molecule has 0 spiro atoms. The average Bonchev–Trinajstić information content (AvgIpc) is 2.90. The lowest BCUT2D eigenvalue weighted by molar-refractivity contribution is -0.126. The van der Waals surface area contributed by atoms with Gasteiger partial charge in [0, 0.05) is 25.0 Å². The molecule has 0 saturated heterocycles. The number of carbonyl (C=O) groups is 1. The van der Waals surface area contributed by atoms with Crippen LogP contribution in [0.4, 0.5) is 0 Å². The molecule has 0 radical (unpaired) electrons. The van der Waals surface area contributed by atoms with E-state index in [-0.39, 0.29) is 11.9 Å². The molecule has 5 nitrogen and oxygen atoms in total. The summed E-state index contributed by atoms with van der Waals surface area (Å²) in [5.74, 6) is -0.0115. The summed E-state index contributed by atoms with van der Waals surface area (Å²) in [6, 6.07) is 0.0673. The van der Waals surface area contributed by atoms with Crippen molar-refractivity contribution in [2.24, 2.45) is 5.73 Å². The van der Waals surface area contributed by atoms with Gasteiger partial charge in [0.1, 0.15) is 0 Å². The summed E-state index contributed by atoms with van der Waals surface area (Å²) >= 11 is 0. The minimum absolute atomic E-state index is 0.0115. The van der Waals surface area contributed by atoms with Gasteiger partial charge < -0.3 is 15.6 Å². The lowest BCUT2D eigenvalue weighted by atomic mass is 9.98. The van der Waals surface area contributed by atoms with Crippen molar-refractivity contribution in [2.75, 3.05) is 0 Å². The molecule has 0 aliphatic heterocycles. The molecular formula is C12H20N4O. The highest BCUT2D eigenvalue weighted by Gasteiger charge is 2.37. The summed E-state index contributed by atoms with van der Waals surface area (Å²) in [4.78, 5) is 16.0. The van der Waals surface area contributed by atoms with Crippen molar-refractivity contribution in [3.05, 3.63) is 18.7 Å². The number of hydrogen-bond donors (Lipinski definition) is 2. The SMILES string of the molecule is C[C@@H](Cn1ccnc1)NC(=O)C1(N)CCCC1. The van der Waals surface area contributed by atoms with Crippen LogP contribution in [0.15, 0.2) is 18.7 Å². The van der Waals surface area contributed by atoms with Crippen molar-refractivity contribution in [3.63, 3.8) is 0 Å². The van der Waals surface area contributed by atoms with Gasteiger partial charge in [0.15, 0.2) is 0 Å². The molecular weight excluding hydrogens is 216 g/mol. The summed E-state index contributed by atoms with van der Waals surface area (Å²) in [7, 11) is 0. The zero-order chi connectivity index (χ0) is 12.3. The van der Waals surface area contributed by atoms with E-state index >= 15 is 0 Å². The van der Waals surface area contributed by atoms with Crippen molar-refractivity contribution in [1.82, 2.24) is 14.9 Å². The number of amides is 1. The molecule has 1 saturated carbocycles. The van der Waals surface area contributed by atoms with E-state index in [0.29, 0.717) is 0 Å². The Kier molecular flexibility index (Phi) is 3.47. The van der Waals surface area contributed by atoms with Gasteiger partial charge in [-0.05, 0) is 19.8 Å². The molecule has 1 fully saturated rings. The Labute approximate surface area is 101 Å². The number of imidazole rings is 1. The quantitative estimate of drug-likeness (QED) is 0.806. The third-order valence-electron chi connectivity index (χ3n) is 3.37. The summed E-state index contributed by atoms with van der Waals surface area (Å²) in [5, 5.41) is 2.99. The zero-order valence-corrected chi connectivity index (χ0v) is 10.2. The molecule has 17 heavy (non-hydrogen) atoms. The van der Waals surface area contributed by atoms with Crippen molar-refractivity contribution >= 4 is 5.91 Å². The van der Waals surface area contributed by atoms with Gasteiger partial charge in [-0.2, -0.15) is 0 Å². The zero-order valence-electron chi connectivity index (χ0n) is 10.2. The second-order valence-electron chi connectivity index (χ2n) is 5.00. The first-order valence-electron chi connectivity index (χ1n) is 6.16. The molecule has 1 aromatic rings. The first kappa shape index (κ1) is 12.1. The van der Waals surface area contributed by atoms with Gasteiger partial charge >= 0.3 is 0 Å². The Morgan fingerprint density at radius 1 is 1.59 bits per heavy atom. The fraction of sp³-hybridized carbons (Fsp3) is 0.667.